The number of aryl methyl sites for hydroxylation is 1. The van der Waals surface area contributed by atoms with Gasteiger partial charge in [-0.2, -0.15) is 0 Å². The van der Waals surface area contributed by atoms with Crippen molar-refractivity contribution >= 4 is 74.3 Å². The molecule has 2 amide bonds. The smallest absolute Gasteiger partial charge is 0.270 e. The molecule has 1 aliphatic heterocycles. The molecule has 0 spiro atoms. The maximum atomic E-state index is 13.2. The van der Waals surface area contributed by atoms with Gasteiger partial charge in [-0.1, -0.05) is 35.9 Å². The van der Waals surface area contributed by atoms with Crippen LogP contribution >= 0.6 is 23.8 Å². The Hall–Kier alpha value is -3.48. The van der Waals surface area contributed by atoms with Crippen molar-refractivity contribution < 1.29 is 9.59 Å². The predicted molar refractivity (Wildman–Crippen MR) is 128 cm³/mol. The first-order chi connectivity index (χ1) is 14.9. The van der Waals surface area contributed by atoms with E-state index in [1.807, 2.05) is 37.4 Å². The second-order valence-corrected chi connectivity index (χ2v) is 8.11. The number of anilines is 1. The highest BCUT2D eigenvalue weighted by atomic mass is 35.5. The monoisotopic (exact) mass is 445 g/mol. The number of carbonyl (C=O) groups is 2. The van der Waals surface area contributed by atoms with E-state index in [9.17, 15) is 9.59 Å². The first-order valence-corrected chi connectivity index (χ1v) is 10.4. The second-order valence-electron chi connectivity index (χ2n) is 7.29. The lowest BCUT2D eigenvalue weighted by molar-refractivity contribution is -0.122. The van der Waals surface area contributed by atoms with Gasteiger partial charge in [-0.05, 0) is 66.3 Å². The fraction of sp³-hybridized carbons (Fsp3) is 0.0417. The van der Waals surface area contributed by atoms with Crippen LogP contribution in [0.3, 0.4) is 0 Å². The molecule has 5 rings (SSSR count). The van der Waals surface area contributed by atoms with Crippen molar-refractivity contribution in [3.8, 4) is 0 Å². The van der Waals surface area contributed by atoms with Crippen molar-refractivity contribution in [2.24, 2.45) is 7.05 Å². The van der Waals surface area contributed by atoms with E-state index in [2.05, 4.69) is 22.0 Å². The van der Waals surface area contributed by atoms with E-state index in [0.717, 1.165) is 27.4 Å². The molecule has 0 unspecified atom stereocenters. The first kappa shape index (κ1) is 19.5. The van der Waals surface area contributed by atoms with Gasteiger partial charge in [-0.25, -0.2) is 0 Å². The van der Waals surface area contributed by atoms with Crippen LogP contribution in [0.4, 0.5) is 5.69 Å². The summed E-state index contributed by atoms with van der Waals surface area (Å²) in [6, 6.07) is 20.7. The Kier molecular flexibility index (Phi) is 4.61. The minimum atomic E-state index is -0.516. The van der Waals surface area contributed by atoms with Crippen molar-refractivity contribution in [1.82, 2.24) is 9.88 Å². The largest absolute Gasteiger partial charge is 0.344 e. The molecular weight excluding hydrogens is 430 g/mol. The molecule has 0 aliphatic carbocycles. The van der Waals surface area contributed by atoms with E-state index in [0.29, 0.717) is 10.7 Å². The molecule has 31 heavy (non-hydrogen) atoms. The molecule has 4 aromatic rings. The predicted octanol–water partition coefficient (Wildman–Crippen LogP) is 4.82. The Morgan fingerprint density at radius 1 is 0.935 bits per heavy atom. The lowest BCUT2D eigenvalue weighted by Gasteiger charge is -2.28. The molecule has 1 N–H and O–H groups in total. The summed E-state index contributed by atoms with van der Waals surface area (Å²) < 4.78 is 2.13. The summed E-state index contributed by atoms with van der Waals surface area (Å²) in [7, 11) is 2.02. The van der Waals surface area contributed by atoms with Crippen molar-refractivity contribution in [2.75, 3.05) is 4.90 Å². The normalized spacial score (nSPS) is 15.9. The first-order valence-electron chi connectivity index (χ1n) is 9.58. The Labute approximate surface area is 188 Å². The van der Waals surface area contributed by atoms with Gasteiger partial charge in [0, 0.05) is 33.9 Å². The molecule has 2 heterocycles. The third kappa shape index (κ3) is 3.21. The number of benzene rings is 3. The summed E-state index contributed by atoms with van der Waals surface area (Å²) in [5, 5.41) is 5.36. The highest BCUT2D eigenvalue weighted by molar-refractivity contribution is 7.80. The van der Waals surface area contributed by atoms with Crippen LogP contribution in [0.5, 0.6) is 0 Å². The van der Waals surface area contributed by atoms with E-state index < -0.39 is 11.8 Å². The van der Waals surface area contributed by atoms with Gasteiger partial charge in [-0.15, -0.1) is 0 Å². The summed E-state index contributed by atoms with van der Waals surface area (Å²) in [6.07, 6.45) is 1.60. The van der Waals surface area contributed by atoms with Gasteiger partial charge >= 0.3 is 0 Å². The van der Waals surface area contributed by atoms with Crippen molar-refractivity contribution in [2.45, 2.75) is 0 Å². The van der Waals surface area contributed by atoms with Gasteiger partial charge in [-0.3, -0.25) is 19.8 Å². The van der Waals surface area contributed by atoms with Crippen LogP contribution in [0.25, 0.3) is 27.9 Å². The second kappa shape index (κ2) is 7.34. The van der Waals surface area contributed by atoms with E-state index in [1.54, 1.807) is 30.3 Å². The third-order valence-electron chi connectivity index (χ3n) is 5.44. The zero-order valence-electron chi connectivity index (χ0n) is 16.4. The molecule has 5 nitrogen and oxygen atoms in total. The fourth-order valence-corrected chi connectivity index (χ4v) is 4.33. The minimum Gasteiger partial charge on any atom is -0.344 e. The highest BCUT2D eigenvalue weighted by Gasteiger charge is 2.34. The number of rotatable bonds is 2. The Morgan fingerprint density at radius 3 is 2.42 bits per heavy atom. The van der Waals surface area contributed by atoms with Crippen molar-refractivity contribution in [1.29, 1.82) is 0 Å². The molecule has 1 aromatic heterocycles. The average Bonchev–Trinajstić information content (AvgIpc) is 3.04. The van der Waals surface area contributed by atoms with Crippen LogP contribution in [0.2, 0.25) is 5.02 Å². The lowest BCUT2D eigenvalue weighted by Crippen LogP contribution is -2.54. The fourth-order valence-electron chi connectivity index (χ4n) is 3.92. The molecule has 1 fully saturated rings. The van der Waals surface area contributed by atoms with Gasteiger partial charge in [0.1, 0.15) is 5.57 Å². The quantitative estimate of drug-likeness (QED) is 0.273. The standard InChI is InChI=1S/C24H16ClN3O2S/c1-27-20-5-3-2-4-17(20)18-12-14(6-11-21(18)27)13-19-22(29)26-24(31)28(23(19)30)16-9-7-15(25)8-10-16/h2-13H,1H3,(H,26,29,31)/b19-13+. The topological polar surface area (TPSA) is 54.3 Å². The maximum Gasteiger partial charge on any atom is 0.270 e. The summed E-state index contributed by atoms with van der Waals surface area (Å²) in [4.78, 5) is 27.1. The number of nitrogens with zero attached hydrogens (tertiary/aromatic N) is 2. The van der Waals surface area contributed by atoms with Crippen molar-refractivity contribution in [3.05, 3.63) is 82.9 Å². The Morgan fingerprint density at radius 2 is 1.65 bits per heavy atom. The Balaban J connectivity index is 1.60. The van der Waals surface area contributed by atoms with Gasteiger partial charge < -0.3 is 4.57 Å². The number of hydrogen-bond acceptors (Lipinski definition) is 3. The van der Waals surface area contributed by atoms with Crippen LogP contribution in [0.15, 0.2) is 72.3 Å². The summed E-state index contributed by atoms with van der Waals surface area (Å²) in [5.74, 6) is -0.993. The molecule has 152 valence electrons. The van der Waals surface area contributed by atoms with E-state index >= 15 is 0 Å². The van der Waals surface area contributed by atoms with E-state index in [4.69, 9.17) is 23.8 Å². The SMILES string of the molecule is Cn1c2ccccc2c2cc(/C=C3\C(=O)NC(=S)N(c4ccc(Cl)cc4)C3=O)ccc21. The zero-order chi connectivity index (χ0) is 21.7. The molecule has 7 heteroatoms. The number of nitrogens with one attached hydrogen (secondary N) is 1. The van der Waals surface area contributed by atoms with Gasteiger partial charge in [0.25, 0.3) is 11.8 Å². The molecule has 3 aromatic carbocycles. The molecule has 0 bridgehead atoms. The minimum absolute atomic E-state index is 0.0168. The van der Waals surface area contributed by atoms with Gasteiger partial charge in [0.15, 0.2) is 5.11 Å². The van der Waals surface area contributed by atoms with Crippen LogP contribution in [0.1, 0.15) is 5.56 Å². The average molecular weight is 446 g/mol. The summed E-state index contributed by atoms with van der Waals surface area (Å²) >= 11 is 11.2. The van der Waals surface area contributed by atoms with E-state index in [1.165, 1.54) is 4.90 Å². The van der Waals surface area contributed by atoms with Crippen LogP contribution < -0.4 is 10.2 Å². The summed E-state index contributed by atoms with van der Waals surface area (Å²) in [5.41, 5.74) is 3.50. The highest BCUT2D eigenvalue weighted by Crippen LogP contribution is 2.30. The number of fused-ring (bicyclic) bond motifs is 3. The van der Waals surface area contributed by atoms with E-state index in [-0.39, 0.29) is 10.7 Å². The van der Waals surface area contributed by atoms with Gasteiger partial charge in [0.05, 0.1) is 5.69 Å². The number of amides is 2. The molecule has 1 aliphatic rings. The van der Waals surface area contributed by atoms with Crippen molar-refractivity contribution in [3.63, 3.8) is 0 Å². The number of hydrogen-bond donors (Lipinski definition) is 1. The van der Waals surface area contributed by atoms with Gasteiger partial charge in [0.2, 0.25) is 0 Å². The van der Waals surface area contributed by atoms with Crippen LogP contribution in [0, 0.1) is 0 Å². The number of carbonyl (C=O) groups excluding carboxylic acids is 2. The zero-order valence-corrected chi connectivity index (χ0v) is 18.0. The number of para-hydroxylation sites is 1. The molecular formula is C24H16ClN3O2S. The maximum absolute atomic E-state index is 13.2. The molecule has 0 radical (unpaired) electrons. The van der Waals surface area contributed by atoms with Crippen LogP contribution in [-0.4, -0.2) is 21.5 Å². The lowest BCUT2D eigenvalue weighted by atomic mass is 10.0. The number of halogens is 1. The number of aromatic nitrogens is 1. The van der Waals surface area contributed by atoms with Crippen LogP contribution in [-0.2, 0) is 16.6 Å². The third-order valence-corrected chi connectivity index (χ3v) is 5.97. The molecule has 1 saturated heterocycles. The number of thiocarbonyl (C=S) groups is 1. The molecule has 0 saturated carbocycles. The Bertz CT molecular complexity index is 1440. The molecule has 0 atom stereocenters. The summed E-state index contributed by atoms with van der Waals surface area (Å²) in [6.45, 7) is 0.